The molecule has 0 aliphatic heterocycles. The summed E-state index contributed by atoms with van der Waals surface area (Å²) in [5.41, 5.74) is 11.2. The predicted octanol–water partition coefficient (Wildman–Crippen LogP) is 2.80. The Labute approximate surface area is 125 Å². The highest BCUT2D eigenvalue weighted by Crippen LogP contribution is 2.35. The van der Waals surface area contributed by atoms with E-state index in [-0.39, 0.29) is 5.54 Å². The number of hydrogen-bond donors (Lipinski definition) is 3. The van der Waals surface area contributed by atoms with E-state index >= 15 is 0 Å². The Balaban J connectivity index is 1.81. The van der Waals surface area contributed by atoms with E-state index in [1.165, 1.54) is 12.8 Å². The van der Waals surface area contributed by atoms with Crippen molar-refractivity contribution >= 4 is 11.4 Å². The van der Waals surface area contributed by atoms with Crippen LogP contribution in [0.3, 0.4) is 0 Å². The summed E-state index contributed by atoms with van der Waals surface area (Å²) in [6.07, 6.45) is 4.38. The van der Waals surface area contributed by atoms with E-state index in [2.05, 4.69) is 21.7 Å². The molecule has 1 aromatic heterocycles. The molecular formula is C17H22N4. The highest BCUT2D eigenvalue weighted by molar-refractivity contribution is 5.71. The third-order valence-corrected chi connectivity index (χ3v) is 4.32. The van der Waals surface area contributed by atoms with Gasteiger partial charge in [0.25, 0.3) is 0 Å². The SMILES string of the molecule is CNC1(CNc2cnc(C)c(-c3ccc(N)cc3)c2)CC1. The van der Waals surface area contributed by atoms with Crippen molar-refractivity contribution in [1.29, 1.82) is 0 Å². The van der Waals surface area contributed by atoms with Gasteiger partial charge in [-0.3, -0.25) is 4.98 Å². The molecule has 0 bridgehead atoms. The predicted molar refractivity (Wildman–Crippen MR) is 88.3 cm³/mol. The molecule has 0 unspecified atom stereocenters. The fraction of sp³-hybridized carbons (Fsp3) is 0.353. The number of likely N-dealkylation sites (N-methyl/N-ethyl adjacent to an activating group) is 1. The summed E-state index contributed by atoms with van der Waals surface area (Å²) in [6, 6.07) is 10.1. The van der Waals surface area contributed by atoms with Crippen LogP contribution in [0.4, 0.5) is 11.4 Å². The minimum atomic E-state index is 0.284. The minimum Gasteiger partial charge on any atom is -0.399 e. The number of rotatable bonds is 5. The Morgan fingerprint density at radius 2 is 1.95 bits per heavy atom. The second-order valence-electron chi connectivity index (χ2n) is 5.86. The molecule has 0 saturated heterocycles. The van der Waals surface area contributed by atoms with Crippen molar-refractivity contribution in [3.63, 3.8) is 0 Å². The molecule has 110 valence electrons. The number of pyridine rings is 1. The molecule has 1 heterocycles. The summed E-state index contributed by atoms with van der Waals surface area (Å²) in [6.45, 7) is 2.97. The Kier molecular flexibility index (Phi) is 3.55. The van der Waals surface area contributed by atoms with Gasteiger partial charge >= 0.3 is 0 Å². The molecule has 4 N–H and O–H groups in total. The third-order valence-electron chi connectivity index (χ3n) is 4.32. The molecule has 1 fully saturated rings. The molecule has 3 rings (SSSR count). The molecule has 21 heavy (non-hydrogen) atoms. The van der Waals surface area contributed by atoms with Gasteiger partial charge in [-0.25, -0.2) is 0 Å². The van der Waals surface area contributed by atoms with Gasteiger partial charge in [-0.1, -0.05) is 12.1 Å². The normalized spacial score (nSPS) is 15.7. The molecule has 1 aliphatic rings. The Morgan fingerprint density at radius 1 is 1.24 bits per heavy atom. The number of benzene rings is 1. The van der Waals surface area contributed by atoms with E-state index in [1.54, 1.807) is 0 Å². The number of anilines is 2. The maximum Gasteiger partial charge on any atom is 0.0533 e. The maximum absolute atomic E-state index is 5.76. The number of nitrogens with two attached hydrogens (primary N) is 1. The second kappa shape index (κ2) is 5.37. The molecule has 4 nitrogen and oxygen atoms in total. The molecule has 1 saturated carbocycles. The molecule has 2 aromatic rings. The van der Waals surface area contributed by atoms with Gasteiger partial charge in [0.05, 0.1) is 11.9 Å². The van der Waals surface area contributed by atoms with Crippen LogP contribution in [0.15, 0.2) is 36.5 Å². The monoisotopic (exact) mass is 282 g/mol. The van der Waals surface area contributed by atoms with Crippen LogP contribution in [0.2, 0.25) is 0 Å². The number of hydrogen-bond acceptors (Lipinski definition) is 4. The quantitative estimate of drug-likeness (QED) is 0.738. The van der Waals surface area contributed by atoms with Crippen LogP contribution in [0.25, 0.3) is 11.1 Å². The lowest BCUT2D eigenvalue weighted by molar-refractivity contribution is 0.578. The molecule has 0 spiro atoms. The molecule has 1 aliphatic carbocycles. The lowest BCUT2D eigenvalue weighted by Crippen LogP contribution is -2.34. The first-order chi connectivity index (χ1) is 10.1. The van der Waals surface area contributed by atoms with Gasteiger partial charge in [-0.05, 0) is 50.6 Å². The summed E-state index contributed by atoms with van der Waals surface area (Å²) >= 11 is 0. The molecular weight excluding hydrogens is 260 g/mol. The van der Waals surface area contributed by atoms with Gasteiger partial charge in [-0.15, -0.1) is 0 Å². The molecule has 0 radical (unpaired) electrons. The van der Waals surface area contributed by atoms with E-state index in [0.29, 0.717) is 0 Å². The van der Waals surface area contributed by atoms with Crippen molar-refractivity contribution in [3.8, 4) is 11.1 Å². The van der Waals surface area contributed by atoms with Crippen molar-refractivity contribution in [3.05, 3.63) is 42.2 Å². The third kappa shape index (κ3) is 3.00. The fourth-order valence-corrected chi connectivity index (χ4v) is 2.52. The molecule has 0 amide bonds. The van der Waals surface area contributed by atoms with Crippen molar-refractivity contribution in [2.75, 3.05) is 24.6 Å². The average molecular weight is 282 g/mol. The maximum atomic E-state index is 5.76. The smallest absolute Gasteiger partial charge is 0.0533 e. The van der Waals surface area contributed by atoms with Crippen molar-refractivity contribution in [2.45, 2.75) is 25.3 Å². The van der Waals surface area contributed by atoms with Crippen LogP contribution in [-0.4, -0.2) is 24.1 Å². The number of nitrogens with one attached hydrogen (secondary N) is 2. The summed E-state index contributed by atoms with van der Waals surface area (Å²) in [4.78, 5) is 4.51. The summed E-state index contributed by atoms with van der Waals surface area (Å²) in [5, 5.41) is 6.89. The lowest BCUT2D eigenvalue weighted by Gasteiger charge is -2.16. The summed E-state index contributed by atoms with van der Waals surface area (Å²) < 4.78 is 0. The number of aryl methyl sites for hydroxylation is 1. The largest absolute Gasteiger partial charge is 0.399 e. The van der Waals surface area contributed by atoms with Crippen LogP contribution >= 0.6 is 0 Å². The zero-order valence-electron chi connectivity index (χ0n) is 12.6. The van der Waals surface area contributed by atoms with Gasteiger partial charge in [-0.2, -0.15) is 0 Å². The van der Waals surface area contributed by atoms with Gasteiger partial charge in [0.1, 0.15) is 0 Å². The first kappa shape index (κ1) is 13.9. The molecule has 1 aromatic carbocycles. The van der Waals surface area contributed by atoms with Crippen LogP contribution in [0, 0.1) is 6.92 Å². The van der Waals surface area contributed by atoms with E-state index in [4.69, 9.17) is 5.73 Å². The number of nitrogens with zero attached hydrogens (tertiary/aromatic N) is 1. The van der Waals surface area contributed by atoms with Gasteiger partial charge in [0.2, 0.25) is 0 Å². The minimum absolute atomic E-state index is 0.284. The van der Waals surface area contributed by atoms with Crippen LogP contribution in [0.1, 0.15) is 18.5 Å². The Hall–Kier alpha value is -2.07. The highest BCUT2D eigenvalue weighted by atomic mass is 15.1. The van der Waals surface area contributed by atoms with E-state index in [0.717, 1.165) is 34.7 Å². The Morgan fingerprint density at radius 3 is 2.57 bits per heavy atom. The Bertz CT molecular complexity index is 630. The van der Waals surface area contributed by atoms with Crippen LogP contribution in [-0.2, 0) is 0 Å². The number of aromatic nitrogens is 1. The molecule has 4 heteroatoms. The van der Waals surface area contributed by atoms with E-state index < -0.39 is 0 Å². The van der Waals surface area contributed by atoms with Crippen LogP contribution in [0.5, 0.6) is 0 Å². The van der Waals surface area contributed by atoms with Gasteiger partial charge < -0.3 is 16.4 Å². The van der Waals surface area contributed by atoms with E-state index in [9.17, 15) is 0 Å². The molecule has 0 atom stereocenters. The van der Waals surface area contributed by atoms with Crippen molar-refractivity contribution in [2.24, 2.45) is 0 Å². The average Bonchev–Trinajstić information content (AvgIpc) is 3.28. The summed E-state index contributed by atoms with van der Waals surface area (Å²) in [5.74, 6) is 0. The van der Waals surface area contributed by atoms with Crippen molar-refractivity contribution in [1.82, 2.24) is 10.3 Å². The first-order valence-corrected chi connectivity index (χ1v) is 7.37. The zero-order chi connectivity index (χ0) is 14.9. The van der Waals surface area contributed by atoms with E-state index in [1.807, 2.05) is 44.4 Å². The first-order valence-electron chi connectivity index (χ1n) is 7.37. The number of nitrogen functional groups attached to an aromatic ring is 1. The van der Waals surface area contributed by atoms with Gasteiger partial charge in [0, 0.05) is 29.0 Å². The summed E-state index contributed by atoms with van der Waals surface area (Å²) in [7, 11) is 2.03. The fourth-order valence-electron chi connectivity index (χ4n) is 2.52. The van der Waals surface area contributed by atoms with Gasteiger partial charge in [0.15, 0.2) is 0 Å². The lowest BCUT2D eigenvalue weighted by atomic mass is 10.0. The standard InChI is InChI=1S/C17H22N4/c1-12-16(13-3-5-14(18)6-4-13)9-15(10-20-12)21-11-17(19-2)7-8-17/h3-6,9-10,19,21H,7-8,11,18H2,1-2H3. The second-order valence-corrected chi connectivity index (χ2v) is 5.86. The van der Waals surface area contributed by atoms with Crippen LogP contribution < -0.4 is 16.4 Å². The zero-order valence-corrected chi connectivity index (χ0v) is 12.6. The topological polar surface area (TPSA) is 63.0 Å². The highest BCUT2D eigenvalue weighted by Gasteiger charge is 2.40. The van der Waals surface area contributed by atoms with Crippen molar-refractivity contribution < 1.29 is 0 Å².